The minimum atomic E-state index is -0.874. The summed E-state index contributed by atoms with van der Waals surface area (Å²) in [6.07, 6.45) is 3.03. The number of likely N-dealkylation sites (tertiary alicyclic amines) is 1. The van der Waals surface area contributed by atoms with Crippen molar-refractivity contribution in [2.75, 3.05) is 26.7 Å². The number of carboxylic acids is 1. The Morgan fingerprint density at radius 3 is 2.70 bits per heavy atom. The van der Waals surface area contributed by atoms with Crippen LogP contribution >= 0.6 is 15.9 Å². The van der Waals surface area contributed by atoms with Crippen molar-refractivity contribution in [2.24, 2.45) is 13.0 Å². The highest BCUT2D eigenvalue weighted by Crippen LogP contribution is 2.18. The summed E-state index contributed by atoms with van der Waals surface area (Å²) in [5, 5.41) is 9.08. The number of rotatable bonds is 4. The number of piperidine rings is 1. The van der Waals surface area contributed by atoms with Crippen LogP contribution in [-0.4, -0.2) is 63.9 Å². The third-order valence-electron chi connectivity index (χ3n) is 4.03. The van der Waals surface area contributed by atoms with Gasteiger partial charge >= 0.3 is 5.97 Å². The van der Waals surface area contributed by atoms with Crippen LogP contribution in [0.15, 0.2) is 16.7 Å². The van der Waals surface area contributed by atoms with E-state index in [9.17, 15) is 14.4 Å². The monoisotopic (exact) mass is 385 g/mol. The highest BCUT2D eigenvalue weighted by atomic mass is 79.9. The lowest BCUT2D eigenvalue weighted by atomic mass is 9.98. The Morgan fingerprint density at radius 1 is 1.43 bits per heavy atom. The van der Waals surface area contributed by atoms with Crippen molar-refractivity contribution in [3.8, 4) is 0 Å². The van der Waals surface area contributed by atoms with Crippen molar-refractivity contribution in [3.05, 3.63) is 22.4 Å². The van der Waals surface area contributed by atoms with Crippen LogP contribution in [0.25, 0.3) is 0 Å². The number of nitrogens with zero attached hydrogens (tertiary/aromatic N) is 3. The summed E-state index contributed by atoms with van der Waals surface area (Å²) in [5.41, 5.74) is 0.481. The number of hydrogen-bond donors (Lipinski definition) is 1. The minimum Gasteiger partial charge on any atom is -0.481 e. The molecular weight excluding hydrogens is 366 g/mol. The van der Waals surface area contributed by atoms with Gasteiger partial charge < -0.3 is 19.5 Å². The standard InChI is InChI=1S/C15H20BrN3O4/c1-17-8-11(16)6-12(17)14(21)18(2)9-13(20)19-5-3-4-10(7-19)15(22)23/h6,8,10H,3-5,7,9H2,1-2H3,(H,22,23). The first kappa shape index (κ1) is 17.5. The average molecular weight is 386 g/mol. The quantitative estimate of drug-likeness (QED) is 0.843. The smallest absolute Gasteiger partial charge is 0.308 e. The predicted molar refractivity (Wildman–Crippen MR) is 87.0 cm³/mol. The maximum atomic E-state index is 12.4. The van der Waals surface area contributed by atoms with Gasteiger partial charge in [-0.3, -0.25) is 14.4 Å². The summed E-state index contributed by atoms with van der Waals surface area (Å²) in [6, 6.07) is 1.70. The Bertz CT molecular complexity index is 628. The van der Waals surface area contributed by atoms with Gasteiger partial charge in [-0.15, -0.1) is 0 Å². The maximum absolute atomic E-state index is 12.4. The van der Waals surface area contributed by atoms with Crippen molar-refractivity contribution in [1.82, 2.24) is 14.4 Å². The molecule has 2 heterocycles. The molecule has 1 atom stereocenters. The summed E-state index contributed by atoms with van der Waals surface area (Å²) in [6.45, 7) is 0.695. The molecule has 0 radical (unpaired) electrons. The molecule has 0 aromatic carbocycles. The molecule has 7 nitrogen and oxygen atoms in total. The summed E-state index contributed by atoms with van der Waals surface area (Å²) in [5.74, 6) is -1.86. The Hall–Kier alpha value is -1.83. The average Bonchev–Trinajstić information content (AvgIpc) is 2.85. The maximum Gasteiger partial charge on any atom is 0.308 e. The molecule has 0 spiro atoms. The first-order valence-electron chi connectivity index (χ1n) is 7.37. The first-order chi connectivity index (χ1) is 10.8. The van der Waals surface area contributed by atoms with Crippen molar-refractivity contribution in [3.63, 3.8) is 0 Å². The number of amides is 2. The van der Waals surface area contributed by atoms with Gasteiger partial charge in [0.25, 0.3) is 5.91 Å². The molecule has 1 aliphatic rings. The Kier molecular flexibility index (Phi) is 5.46. The topological polar surface area (TPSA) is 82.9 Å². The van der Waals surface area contributed by atoms with Gasteiger partial charge in [0.2, 0.25) is 5.91 Å². The van der Waals surface area contributed by atoms with Gasteiger partial charge in [0.15, 0.2) is 0 Å². The molecule has 1 aromatic rings. The molecule has 0 saturated carbocycles. The van der Waals surface area contributed by atoms with E-state index in [4.69, 9.17) is 5.11 Å². The summed E-state index contributed by atoms with van der Waals surface area (Å²) < 4.78 is 2.48. The lowest BCUT2D eigenvalue weighted by molar-refractivity contribution is -0.145. The van der Waals surface area contributed by atoms with E-state index in [1.165, 1.54) is 9.80 Å². The number of carboxylic acid groups (broad SMARTS) is 1. The van der Waals surface area contributed by atoms with Crippen LogP contribution in [0.4, 0.5) is 0 Å². The predicted octanol–water partition coefficient (Wildman–Crippen LogP) is 1.18. The van der Waals surface area contributed by atoms with Crippen LogP contribution in [0.1, 0.15) is 23.3 Å². The Labute approximate surface area is 143 Å². The number of carbonyl (C=O) groups excluding carboxylic acids is 2. The molecule has 23 heavy (non-hydrogen) atoms. The second-order valence-corrected chi connectivity index (χ2v) is 6.75. The lowest BCUT2D eigenvalue weighted by Crippen LogP contribution is -2.47. The van der Waals surface area contributed by atoms with Crippen molar-refractivity contribution in [1.29, 1.82) is 0 Å². The lowest BCUT2D eigenvalue weighted by Gasteiger charge is -2.32. The van der Waals surface area contributed by atoms with E-state index in [0.29, 0.717) is 25.1 Å². The molecular formula is C15H20BrN3O4. The molecule has 126 valence electrons. The van der Waals surface area contributed by atoms with E-state index in [1.54, 1.807) is 30.9 Å². The van der Waals surface area contributed by atoms with Crippen LogP contribution in [0.5, 0.6) is 0 Å². The Balaban J connectivity index is 1.98. The third kappa shape index (κ3) is 4.13. The first-order valence-corrected chi connectivity index (χ1v) is 8.16. The Morgan fingerprint density at radius 2 is 2.13 bits per heavy atom. The molecule has 8 heteroatoms. The zero-order chi connectivity index (χ0) is 17.1. The van der Waals surface area contributed by atoms with Crippen LogP contribution in [0.3, 0.4) is 0 Å². The normalized spacial score (nSPS) is 17.9. The summed E-state index contributed by atoms with van der Waals surface area (Å²) in [7, 11) is 3.33. The van der Waals surface area contributed by atoms with Gasteiger partial charge in [0.05, 0.1) is 12.5 Å². The number of carbonyl (C=O) groups is 3. The fourth-order valence-corrected chi connectivity index (χ4v) is 3.24. The molecule has 1 aliphatic heterocycles. The summed E-state index contributed by atoms with van der Waals surface area (Å²) >= 11 is 3.31. The number of aliphatic carboxylic acids is 1. The molecule has 1 fully saturated rings. The van der Waals surface area contributed by atoms with E-state index < -0.39 is 11.9 Å². The van der Waals surface area contributed by atoms with Gasteiger partial charge in [-0.05, 0) is 34.8 Å². The number of hydrogen-bond acceptors (Lipinski definition) is 3. The van der Waals surface area contributed by atoms with Crippen LogP contribution in [-0.2, 0) is 16.6 Å². The van der Waals surface area contributed by atoms with E-state index in [-0.39, 0.29) is 24.9 Å². The van der Waals surface area contributed by atoms with E-state index in [2.05, 4.69) is 15.9 Å². The number of aromatic nitrogens is 1. The highest BCUT2D eigenvalue weighted by Gasteiger charge is 2.29. The van der Waals surface area contributed by atoms with Crippen LogP contribution in [0, 0.1) is 5.92 Å². The fourth-order valence-electron chi connectivity index (χ4n) is 2.71. The van der Waals surface area contributed by atoms with Gasteiger partial charge in [0, 0.05) is 37.9 Å². The SMILES string of the molecule is CN(CC(=O)N1CCCC(C(=O)O)C1)C(=O)c1cc(Br)cn1C. The zero-order valence-electron chi connectivity index (χ0n) is 13.2. The largest absolute Gasteiger partial charge is 0.481 e. The van der Waals surface area contributed by atoms with Crippen molar-refractivity contribution >= 4 is 33.7 Å². The van der Waals surface area contributed by atoms with Crippen LogP contribution < -0.4 is 0 Å². The molecule has 1 saturated heterocycles. The third-order valence-corrected chi connectivity index (χ3v) is 4.47. The molecule has 0 aliphatic carbocycles. The minimum absolute atomic E-state index is 0.0615. The second kappa shape index (κ2) is 7.16. The highest BCUT2D eigenvalue weighted by molar-refractivity contribution is 9.10. The molecule has 0 bridgehead atoms. The van der Waals surface area contributed by atoms with Gasteiger partial charge in [-0.2, -0.15) is 0 Å². The molecule has 2 amide bonds. The van der Waals surface area contributed by atoms with Crippen molar-refractivity contribution in [2.45, 2.75) is 12.8 Å². The zero-order valence-corrected chi connectivity index (χ0v) is 14.7. The van der Waals surface area contributed by atoms with E-state index in [1.807, 2.05) is 0 Å². The van der Waals surface area contributed by atoms with Gasteiger partial charge in [0.1, 0.15) is 5.69 Å². The molecule has 2 rings (SSSR count). The molecule has 1 aromatic heterocycles. The number of aryl methyl sites for hydroxylation is 1. The molecule has 1 N–H and O–H groups in total. The van der Waals surface area contributed by atoms with Crippen molar-refractivity contribution < 1.29 is 19.5 Å². The second-order valence-electron chi connectivity index (χ2n) is 5.83. The van der Waals surface area contributed by atoms with Crippen LogP contribution in [0.2, 0.25) is 0 Å². The fraction of sp³-hybridized carbons (Fsp3) is 0.533. The van der Waals surface area contributed by atoms with E-state index in [0.717, 1.165) is 4.47 Å². The van der Waals surface area contributed by atoms with E-state index >= 15 is 0 Å². The number of likely N-dealkylation sites (N-methyl/N-ethyl adjacent to an activating group) is 1. The summed E-state index contributed by atoms with van der Waals surface area (Å²) in [4.78, 5) is 38.7. The van der Waals surface area contributed by atoms with Gasteiger partial charge in [-0.1, -0.05) is 0 Å². The van der Waals surface area contributed by atoms with Gasteiger partial charge in [-0.25, -0.2) is 0 Å². The molecule has 1 unspecified atom stereocenters. The number of halogens is 1.